The van der Waals surface area contributed by atoms with Crippen LogP contribution in [0.15, 0.2) is 52.5 Å². The Morgan fingerprint density at radius 3 is 2.68 bits per heavy atom. The molecule has 38 heavy (non-hydrogen) atoms. The van der Waals surface area contributed by atoms with Gasteiger partial charge in [-0.1, -0.05) is 19.6 Å². The average molecular weight is 517 g/mol. The second-order valence-corrected chi connectivity index (χ2v) is 9.71. The summed E-state index contributed by atoms with van der Waals surface area (Å²) in [5.74, 6) is 1.09. The molecule has 4 rings (SSSR count). The van der Waals surface area contributed by atoms with Crippen LogP contribution >= 0.6 is 0 Å². The van der Waals surface area contributed by atoms with Crippen LogP contribution in [0, 0.1) is 6.92 Å². The first-order valence-electron chi connectivity index (χ1n) is 12.9. The number of nitrogens with zero attached hydrogens (tertiary/aromatic N) is 6. The summed E-state index contributed by atoms with van der Waals surface area (Å²) in [5.41, 5.74) is 11.2. The van der Waals surface area contributed by atoms with Crippen molar-refractivity contribution in [3.8, 4) is 5.88 Å². The van der Waals surface area contributed by atoms with Crippen LogP contribution in [0.3, 0.4) is 0 Å². The zero-order chi connectivity index (χ0) is 27.4. The van der Waals surface area contributed by atoms with Crippen molar-refractivity contribution in [3.05, 3.63) is 65.0 Å². The minimum absolute atomic E-state index is 0.156. The number of aromatic nitrogens is 3. The van der Waals surface area contributed by atoms with E-state index in [0.29, 0.717) is 47.6 Å². The van der Waals surface area contributed by atoms with Gasteiger partial charge in [-0.15, -0.1) is 0 Å². The number of carbonyl (C=O) groups is 1. The van der Waals surface area contributed by atoms with Crippen molar-refractivity contribution in [1.82, 2.24) is 25.2 Å². The van der Waals surface area contributed by atoms with Gasteiger partial charge in [0.2, 0.25) is 5.88 Å². The molecule has 0 spiro atoms. The molecule has 3 N–H and O–H groups in total. The van der Waals surface area contributed by atoms with E-state index in [1.54, 1.807) is 18.2 Å². The van der Waals surface area contributed by atoms with Gasteiger partial charge in [0.1, 0.15) is 12.0 Å². The Kier molecular flexibility index (Phi) is 8.31. The van der Waals surface area contributed by atoms with Crippen LogP contribution in [0.4, 0.5) is 0 Å². The number of methoxy groups -OCH3 is 1. The molecule has 3 heterocycles. The quantitative estimate of drug-likeness (QED) is 0.521. The fraction of sp³-hybridized carbons (Fsp3) is 0.429. The topological polar surface area (TPSA) is 131 Å². The molecule has 1 fully saturated rings. The van der Waals surface area contributed by atoms with Crippen molar-refractivity contribution in [2.75, 3.05) is 13.7 Å². The Bertz CT molecular complexity index is 1310. The van der Waals surface area contributed by atoms with Gasteiger partial charge < -0.3 is 15.8 Å². The van der Waals surface area contributed by atoms with Gasteiger partial charge in [-0.25, -0.2) is 20.0 Å². The lowest BCUT2D eigenvalue weighted by Gasteiger charge is -2.34. The van der Waals surface area contributed by atoms with Gasteiger partial charge in [0.25, 0.3) is 5.91 Å². The number of carbonyl (C=O) groups excluding carboxylic acids is 1. The zero-order valence-electron chi connectivity index (χ0n) is 22.8. The van der Waals surface area contributed by atoms with Gasteiger partial charge in [-0.05, 0) is 57.2 Å². The van der Waals surface area contributed by atoms with Crippen LogP contribution in [0.25, 0.3) is 5.70 Å². The molecular weight excluding hydrogens is 480 g/mol. The maximum Gasteiger partial charge on any atom is 0.295 e. The molecule has 1 atom stereocenters. The van der Waals surface area contributed by atoms with E-state index in [4.69, 9.17) is 20.5 Å². The van der Waals surface area contributed by atoms with Crippen molar-refractivity contribution >= 4 is 23.3 Å². The summed E-state index contributed by atoms with van der Waals surface area (Å²) in [4.78, 5) is 38.3. The smallest absolute Gasteiger partial charge is 0.295 e. The highest BCUT2D eigenvalue weighted by Crippen LogP contribution is 2.44. The highest BCUT2D eigenvalue weighted by Gasteiger charge is 2.37. The summed E-state index contributed by atoms with van der Waals surface area (Å²) in [6, 6.07) is 3.75. The molecule has 0 bridgehead atoms. The van der Waals surface area contributed by atoms with Gasteiger partial charge in [0.15, 0.2) is 11.7 Å². The summed E-state index contributed by atoms with van der Waals surface area (Å²) in [5, 5.41) is 3.19. The number of nitrogens with one attached hydrogen (secondary N) is 1. The largest absolute Gasteiger partial charge is 0.480 e. The molecule has 0 saturated heterocycles. The maximum atomic E-state index is 13.8. The predicted molar refractivity (Wildman–Crippen MR) is 149 cm³/mol. The summed E-state index contributed by atoms with van der Waals surface area (Å²) in [6.07, 6.45) is 6.10. The number of rotatable bonds is 9. The number of pyridine rings is 1. The third kappa shape index (κ3) is 5.65. The molecule has 200 valence electrons. The SMILES string of the molecule is C=C(/N=C1\C(=C(/C)CN)N=C(NCc2ccc(C)cn2)C(=O)N1[C@H](C)CC)c1c(OC)ncnc1C1CC1. The first-order chi connectivity index (χ1) is 18.3. The van der Waals surface area contributed by atoms with E-state index >= 15 is 0 Å². The van der Waals surface area contributed by atoms with Crippen LogP contribution in [-0.2, 0) is 11.3 Å². The number of hydrogen-bond donors (Lipinski definition) is 2. The van der Waals surface area contributed by atoms with Gasteiger partial charge in [0, 0.05) is 24.7 Å². The number of ether oxygens (including phenoxy) is 1. The second-order valence-electron chi connectivity index (χ2n) is 9.71. The molecule has 0 unspecified atom stereocenters. The van der Waals surface area contributed by atoms with Crippen LogP contribution in [0.5, 0.6) is 5.88 Å². The lowest BCUT2D eigenvalue weighted by Crippen LogP contribution is -2.53. The molecule has 10 heteroatoms. The number of amidine groups is 2. The van der Waals surface area contributed by atoms with E-state index < -0.39 is 0 Å². The number of aryl methyl sites for hydroxylation is 1. The van der Waals surface area contributed by atoms with Crippen molar-refractivity contribution in [2.24, 2.45) is 15.7 Å². The second kappa shape index (κ2) is 11.6. The molecule has 1 amide bonds. The first kappa shape index (κ1) is 27.1. The van der Waals surface area contributed by atoms with E-state index in [0.717, 1.165) is 35.4 Å². The van der Waals surface area contributed by atoms with E-state index in [-0.39, 0.29) is 24.3 Å². The molecule has 10 nitrogen and oxygen atoms in total. The molecule has 1 aliphatic heterocycles. The summed E-state index contributed by atoms with van der Waals surface area (Å²) in [6.45, 7) is 12.7. The van der Waals surface area contributed by atoms with Crippen molar-refractivity contribution in [1.29, 1.82) is 0 Å². The van der Waals surface area contributed by atoms with Crippen LogP contribution in [0.1, 0.15) is 68.5 Å². The minimum Gasteiger partial charge on any atom is -0.480 e. The van der Waals surface area contributed by atoms with Gasteiger partial charge >= 0.3 is 0 Å². The Morgan fingerprint density at radius 2 is 2.08 bits per heavy atom. The monoisotopic (exact) mass is 516 g/mol. The molecular formula is C28H36N8O2. The highest BCUT2D eigenvalue weighted by atomic mass is 16.5. The molecule has 2 aliphatic rings. The Hall–Kier alpha value is -3.92. The number of aliphatic imine (C=N–C) groups is 2. The van der Waals surface area contributed by atoms with Gasteiger partial charge in [-0.3, -0.25) is 14.7 Å². The molecule has 1 saturated carbocycles. The van der Waals surface area contributed by atoms with Crippen molar-refractivity contribution < 1.29 is 9.53 Å². The van der Waals surface area contributed by atoms with Crippen molar-refractivity contribution in [2.45, 2.75) is 65.5 Å². The third-order valence-corrected chi connectivity index (χ3v) is 6.77. The van der Waals surface area contributed by atoms with E-state index in [2.05, 4.69) is 26.8 Å². The Balaban J connectivity index is 1.78. The summed E-state index contributed by atoms with van der Waals surface area (Å²) in [7, 11) is 1.56. The summed E-state index contributed by atoms with van der Waals surface area (Å²) < 4.78 is 5.55. The van der Waals surface area contributed by atoms with Crippen LogP contribution in [-0.4, -0.2) is 57.1 Å². The van der Waals surface area contributed by atoms with Crippen molar-refractivity contribution in [3.63, 3.8) is 0 Å². The lowest BCUT2D eigenvalue weighted by atomic mass is 10.1. The van der Waals surface area contributed by atoms with E-state index in [1.807, 2.05) is 39.8 Å². The Morgan fingerprint density at radius 1 is 1.32 bits per heavy atom. The lowest BCUT2D eigenvalue weighted by molar-refractivity contribution is -0.122. The molecule has 1 aliphatic carbocycles. The molecule has 2 aromatic heterocycles. The van der Waals surface area contributed by atoms with E-state index in [1.165, 1.54) is 6.33 Å². The Labute approximate surface area is 223 Å². The summed E-state index contributed by atoms with van der Waals surface area (Å²) >= 11 is 0. The van der Waals surface area contributed by atoms with Gasteiger partial charge in [-0.2, -0.15) is 0 Å². The maximum absolute atomic E-state index is 13.8. The third-order valence-electron chi connectivity index (χ3n) is 6.77. The predicted octanol–water partition coefficient (Wildman–Crippen LogP) is 3.50. The molecule has 0 radical (unpaired) electrons. The fourth-order valence-corrected chi connectivity index (χ4v) is 4.17. The van der Waals surface area contributed by atoms with Gasteiger partial charge in [0.05, 0.1) is 36.3 Å². The first-order valence-corrected chi connectivity index (χ1v) is 12.9. The zero-order valence-corrected chi connectivity index (χ0v) is 22.8. The van der Waals surface area contributed by atoms with Crippen LogP contribution in [0.2, 0.25) is 0 Å². The standard InChI is InChI=1S/C28H36N8O2/c1-7-18(4)36-26(34-19(5)22-24(20-9-10-20)32-15-33-27(22)38-6)23(17(3)12-29)35-25(28(36)37)31-14-21-11-8-16(2)13-30-21/h8,11,13,15,18,20H,5,7,9-10,12,14,29H2,1-4,6H3,(H,31,35)/b23-17-,34-26+/t18-/m1/s1. The molecule has 2 aromatic rings. The average Bonchev–Trinajstić information content (AvgIpc) is 3.78. The fourth-order valence-electron chi connectivity index (χ4n) is 4.17. The molecule has 0 aromatic carbocycles. The highest BCUT2D eigenvalue weighted by molar-refractivity contribution is 6.44. The normalized spacial score (nSPS) is 18.8. The number of amides is 1. The number of hydrogen-bond acceptors (Lipinski definition) is 9. The van der Waals surface area contributed by atoms with E-state index in [9.17, 15) is 4.79 Å². The van der Waals surface area contributed by atoms with Crippen LogP contribution < -0.4 is 15.8 Å². The minimum atomic E-state index is -0.273. The number of nitrogens with two attached hydrogens (primary N) is 1.